The van der Waals surface area contributed by atoms with Crippen LogP contribution in [0.3, 0.4) is 0 Å². The Morgan fingerprint density at radius 3 is 2.44 bits per heavy atom. The second kappa shape index (κ2) is 4.70. The largest absolute Gasteiger partial charge is 0.495 e. The summed E-state index contributed by atoms with van der Waals surface area (Å²) >= 11 is 6.32. The molecule has 96 valence electrons. The minimum atomic E-state index is -4.49. The number of hydrogen-bond acceptors (Lipinski definition) is 2. The SMILES string of the molecule is COc1ccc2c(Br)cc(C(F)(F)F)nc2c1Br. The summed E-state index contributed by atoms with van der Waals surface area (Å²) < 4.78 is 43.8. The third-order valence-corrected chi connectivity index (χ3v) is 3.77. The van der Waals surface area contributed by atoms with Crippen LogP contribution in [0.25, 0.3) is 10.9 Å². The van der Waals surface area contributed by atoms with Gasteiger partial charge < -0.3 is 4.74 Å². The first-order valence-corrected chi connectivity index (χ1v) is 6.33. The molecule has 7 heteroatoms. The molecule has 0 aliphatic rings. The van der Waals surface area contributed by atoms with Gasteiger partial charge in [0, 0.05) is 9.86 Å². The minimum absolute atomic E-state index is 0.205. The minimum Gasteiger partial charge on any atom is -0.495 e. The summed E-state index contributed by atoms with van der Waals surface area (Å²) in [4.78, 5) is 3.63. The molecule has 0 saturated carbocycles. The van der Waals surface area contributed by atoms with E-state index in [1.165, 1.54) is 7.11 Å². The van der Waals surface area contributed by atoms with Gasteiger partial charge >= 0.3 is 6.18 Å². The lowest BCUT2D eigenvalue weighted by atomic mass is 10.2. The molecule has 2 aromatic rings. The second-order valence-corrected chi connectivity index (χ2v) is 5.11. The molecule has 0 unspecified atom stereocenters. The Morgan fingerprint density at radius 1 is 1.22 bits per heavy atom. The summed E-state index contributed by atoms with van der Waals surface area (Å²) in [5.41, 5.74) is -0.744. The number of methoxy groups -OCH3 is 1. The number of pyridine rings is 1. The Bertz CT molecular complexity index is 613. The summed E-state index contributed by atoms with van der Waals surface area (Å²) in [5.74, 6) is 0.432. The van der Waals surface area contributed by atoms with E-state index < -0.39 is 11.9 Å². The predicted octanol–water partition coefficient (Wildman–Crippen LogP) is 4.79. The van der Waals surface area contributed by atoms with Gasteiger partial charge in [-0.25, -0.2) is 4.98 Å². The van der Waals surface area contributed by atoms with Crippen molar-refractivity contribution >= 4 is 42.8 Å². The van der Waals surface area contributed by atoms with Gasteiger partial charge in [0.05, 0.1) is 17.1 Å². The zero-order valence-electron chi connectivity index (χ0n) is 8.98. The molecule has 0 radical (unpaired) electrons. The third-order valence-electron chi connectivity index (χ3n) is 2.34. The highest BCUT2D eigenvalue weighted by Crippen LogP contribution is 2.38. The molecule has 0 aliphatic heterocycles. The molecule has 0 N–H and O–H groups in total. The van der Waals surface area contributed by atoms with Crippen molar-refractivity contribution in [1.29, 1.82) is 0 Å². The van der Waals surface area contributed by atoms with E-state index in [9.17, 15) is 13.2 Å². The molecule has 18 heavy (non-hydrogen) atoms. The fraction of sp³-hybridized carbons (Fsp3) is 0.182. The van der Waals surface area contributed by atoms with Gasteiger partial charge in [0.1, 0.15) is 11.4 Å². The van der Waals surface area contributed by atoms with Gasteiger partial charge in [0.2, 0.25) is 0 Å². The van der Waals surface area contributed by atoms with Crippen LogP contribution in [-0.2, 0) is 6.18 Å². The molecule has 0 fully saturated rings. The Labute approximate surface area is 117 Å². The highest BCUT2D eigenvalue weighted by Gasteiger charge is 2.33. The summed E-state index contributed by atoms with van der Waals surface area (Å²) in [6.07, 6.45) is -4.49. The first-order valence-electron chi connectivity index (χ1n) is 4.74. The van der Waals surface area contributed by atoms with Crippen LogP contribution in [0.5, 0.6) is 5.75 Å². The maximum Gasteiger partial charge on any atom is 0.433 e. The van der Waals surface area contributed by atoms with E-state index in [0.717, 1.165) is 6.07 Å². The van der Waals surface area contributed by atoms with Gasteiger partial charge in [-0.15, -0.1) is 0 Å². The average molecular weight is 385 g/mol. The summed E-state index contributed by atoms with van der Waals surface area (Å²) in [6.45, 7) is 0. The topological polar surface area (TPSA) is 22.1 Å². The number of halogens is 5. The fourth-order valence-electron chi connectivity index (χ4n) is 1.50. The molecule has 1 aromatic carbocycles. The molecule has 2 nitrogen and oxygen atoms in total. The van der Waals surface area contributed by atoms with E-state index in [1.54, 1.807) is 12.1 Å². The van der Waals surface area contributed by atoms with Crippen LogP contribution in [0.1, 0.15) is 5.69 Å². The molecule has 0 spiro atoms. The molecule has 0 amide bonds. The fourth-order valence-corrected chi connectivity index (χ4v) is 2.63. The van der Waals surface area contributed by atoms with Crippen molar-refractivity contribution in [3.63, 3.8) is 0 Å². The van der Waals surface area contributed by atoms with Gasteiger partial charge in [0.25, 0.3) is 0 Å². The number of nitrogens with zero attached hydrogens (tertiary/aromatic N) is 1. The number of alkyl halides is 3. The number of benzene rings is 1. The first-order chi connectivity index (χ1) is 8.34. The molecular weight excluding hydrogens is 379 g/mol. The van der Waals surface area contributed by atoms with Crippen LogP contribution < -0.4 is 4.74 Å². The van der Waals surface area contributed by atoms with Crippen molar-refractivity contribution in [2.75, 3.05) is 7.11 Å². The molecule has 0 atom stereocenters. The standard InChI is InChI=1S/C11H6Br2F3NO/c1-18-7-3-2-5-6(12)4-8(11(14,15)16)17-10(5)9(7)13/h2-4H,1H3. The van der Waals surface area contributed by atoms with E-state index in [0.29, 0.717) is 20.1 Å². The lowest BCUT2D eigenvalue weighted by Gasteiger charge is -2.11. The number of hydrogen-bond donors (Lipinski definition) is 0. The average Bonchev–Trinajstić information content (AvgIpc) is 2.29. The highest BCUT2D eigenvalue weighted by atomic mass is 79.9. The van der Waals surface area contributed by atoms with Gasteiger partial charge in [-0.1, -0.05) is 15.9 Å². The number of fused-ring (bicyclic) bond motifs is 1. The van der Waals surface area contributed by atoms with E-state index >= 15 is 0 Å². The van der Waals surface area contributed by atoms with Crippen molar-refractivity contribution in [1.82, 2.24) is 4.98 Å². The van der Waals surface area contributed by atoms with Crippen LogP contribution in [0.4, 0.5) is 13.2 Å². The smallest absolute Gasteiger partial charge is 0.433 e. The predicted molar refractivity (Wildman–Crippen MR) is 68.7 cm³/mol. The molecule has 1 heterocycles. The van der Waals surface area contributed by atoms with Crippen LogP contribution in [0.15, 0.2) is 27.1 Å². The molecule has 0 aliphatic carbocycles. The van der Waals surface area contributed by atoms with Crippen LogP contribution in [-0.4, -0.2) is 12.1 Å². The summed E-state index contributed by atoms with van der Waals surface area (Å²) in [5, 5.41) is 0.579. The number of ether oxygens (including phenoxy) is 1. The van der Waals surface area contributed by atoms with Crippen molar-refractivity contribution in [3.8, 4) is 5.75 Å². The van der Waals surface area contributed by atoms with Gasteiger partial charge in [0.15, 0.2) is 0 Å². The molecule has 0 bridgehead atoms. The zero-order chi connectivity index (χ0) is 13.5. The summed E-state index contributed by atoms with van der Waals surface area (Å²) in [6, 6.07) is 4.27. The van der Waals surface area contributed by atoms with Gasteiger partial charge in [-0.05, 0) is 34.1 Å². The molecule has 2 rings (SSSR count). The number of rotatable bonds is 1. The van der Waals surface area contributed by atoms with Crippen molar-refractivity contribution < 1.29 is 17.9 Å². The summed E-state index contributed by atoms with van der Waals surface area (Å²) in [7, 11) is 1.44. The van der Waals surface area contributed by atoms with Crippen LogP contribution in [0.2, 0.25) is 0 Å². The monoisotopic (exact) mass is 383 g/mol. The quantitative estimate of drug-likeness (QED) is 0.705. The first kappa shape index (κ1) is 13.6. The maximum absolute atomic E-state index is 12.7. The van der Waals surface area contributed by atoms with E-state index in [1.807, 2.05) is 0 Å². The van der Waals surface area contributed by atoms with Crippen LogP contribution >= 0.6 is 31.9 Å². The van der Waals surface area contributed by atoms with Gasteiger partial charge in [-0.2, -0.15) is 13.2 Å². The third kappa shape index (κ3) is 2.33. The van der Waals surface area contributed by atoms with Crippen LogP contribution in [0, 0.1) is 0 Å². The Balaban J connectivity index is 2.81. The Hall–Kier alpha value is -0.820. The van der Waals surface area contributed by atoms with Crippen molar-refractivity contribution in [3.05, 3.63) is 32.8 Å². The lowest BCUT2D eigenvalue weighted by Crippen LogP contribution is -2.08. The normalized spacial score (nSPS) is 11.9. The Morgan fingerprint density at radius 2 is 1.89 bits per heavy atom. The van der Waals surface area contributed by atoms with E-state index in [4.69, 9.17) is 4.74 Å². The maximum atomic E-state index is 12.7. The molecular formula is C11H6Br2F3NO. The highest BCUT2D eigenvalue weighted by molar-refractivity contribution is 9.11. The molecule has 0 saturated heterocycles. The van der Waals surface area contributed by atoms with Crippen molar-refractivity contribution in [2.24, 2.45) is 0 Å². The van der Waals surface area contributed by atoms with Crippen molar-refractivity contribution in [2.45, 2.75) is 6.18 Å². The number of aromatic nitrogens is 1. The lowest BCUT2D eigenvalue weighted by molar-refractivity contribution is -0.141. The van der Waals surface area contributed by atoms with E-state index in [-0.39, 0.29) is 5.52 Å². The zero-order valence-corrected chi connectivity index (χ0v) is 12.1. The second-order valence-electron chi connectivity index (χ2n) is 3.47. The Kier molecular flexibility index (Phi) is 3.55. The molecule has 1 aromatic heterocycles. The van der Waals surface area contributed by atoms with Gasteiger partial charge in [-0.3, -0.25) is 0 Å². The van der Waals surface area contributed by atoms with E-state index in [2.05, 4.69) is 36.8 Å².